The number of nitrogens with zero attached hydrogens (tertiary/aromatic N) is 2. The van der Waals surface area contributed by atoms with Crippen LogP contribution in [0.3, 0.4) is 0 Å². The van der Waals surface area contributed by atoms with Gasteiger partial charge in [-0.1, -0.05) is 55.8 Å². The van der Waals surface area contributed by atoms with Gasteiger partial charge in [0.2, 0.25) is 0 Å². The molecule has 1 aliphatic heterocycles. The third-order valence-electron chi connectivity index (χ3n) is 6.40. The molecule has 0 radical (unpaired) electrons. The number of carbonyl (C=O) groups is 1. The highest BCUT2D eigenvalue weighted by atomic mass is 35.5. The first-order valence-electron chi connectivity index (χ1n) is 11.5. The number of carbonyl (C=O) groups excluding carboxylic acids is 1. The van der Waals surface area contributed by atoms with E-state index in [1.807, 2.05) is 37.3 Å². The lowest BCUT2D eigenvalue weighted by Crippen LogP contribution is -2.47. The van der Waals surface area contributed by atoms with Crippen LogP contribution in [-0.2, 0) is 14.9 Å². The van der Waals surface area contributed by atoms with Crippen LogP contribution in [0, 0.1) is 0 Å². The summed E-state index contributed by atoms with van der Waals surface area (Å²) in [6.07, 6.45) is 3.39. The van der Waals surface area contributed by atoms with Gasteiger partial charge in [-0.05, 0) is 62.1 Å². The van der Waals surface area contributed by atoms with Gasteiger partial charge in [-0.3, -0.25) is 9.69 Å². The third-order valence-corrected chi connectivity index (χ3v) is 6.65. The molecule has 168 valence electrons. The van der Waals surface area contributed by atoms with E-state index < -0.39 is 5.41 Å². The maximum Gasteiger partial charge on any atom is 0.316 e. The van der Waals surface area contributed by atoms with Crippen molar-refractivity contribution in [1.29, 1.82) is 0 Å². The van der Waals surface area contributed by atoms with Crippen molar-refractivity contribution in [3.63, 3.8) is 0 Å². The highest BCUT2D eigenvalue weighted by Gasteiger charge is 2.39. The second kappa shape index (κ2) is 11.5. The Morgan fingerprint density at radius 3 is 2.29 bits per heavy atom. The number of esters is 1. The molecular formula is C26H35ClN2O2. The molecule has 0 bridgehead atoms. The minimum Gasteiger partial charge on any atom is -0.465 e. The monoisotopic (exact) mass is 442 g/mol. The summed E-state index contributed by atoms with van der Waals surface area (Å²) in [7, 11) is 0. The van der Waals surface area contributed by atoms with E-state index in [2.05, 4.69) is 41.0 Å². The lowest BCUT2D eigenvalue weighted by molar-refractivity contribution is -0.151. The zero-order chi connectivity index (χ0) is 22.1. The zero-order valence-electron chi connectivity index (χ0n) is 18.9. The molecular weight excluding hydrogens is 408 g/mol. The number of piperazine rings is 1. The van der Waals surface area contributed by atoms with Crippen molar-refractivity contribution < 1.29 is 9.53 Å². The number of hydrogen-bond acceptors (Lipinski definition) is 4. The quantitative estimate of drug-likeness (QED) is 0.452. The smallest absolute Gasteiger partial charge is 0.316 e. The average molecular weight is 443 g/mol. The molecule has 1 unspecified atom stereocenters. The Bertz CT molecular complexity index is 804. The Morgan fingerprint density at radius 2 is 1.68 bits per heavy atom. The predicted octanol–water partition coefficient (Wildman–Crippen LogP) is 5.54. The van der Waals surface area contributed by atoms with Gasteiger partial charge in [-0.2, -0.15) is 0 Å². The SMILES string of the molecule is CCCOC(=O)C(CC)(CCCN1CCN(c2ccc(Cl)cc2)CC1)c1ccccc1. The molecule has 0 amide bonds. The van der Waals surface area contributed by atoms with Crippen molar-refractivity contribution in [2.75, 3.05) is 44.2 Å². The van der Waals surface area contributed by atoms with E-state index in [9.17, 15) is 4.79 Å². The fourth-order valence-corrected chi connectivity index (χ4v) is 4.59. The first-order valence-corrected chi connectivity index (χ1v) is 11.9. The normalized spacial score (nSPS) is 16.7. The van der Waals surface area contributed by atoms with E-state index in [1.165, 1.54) is 5.69 Å². The second-order valence-electron chi connectivity index (χ2n) is 8.35. The molecule has 1 fully saturated rings. The van der Waals surface area contributed by atoms with Crippen LogP contribution in [0.2, 0.25) is 5.02 Å². The van der Waals surface area contributed by atoms with Crippen LogP contribution in [0.25, 0.3) is 0 Å². The Hall–Kier alpha value is -2.04. The number of rotatable bonds is 10. The van der Waals surface area contributed by atoms with Crippen molar-refractivity contribution >= 4 is 23.3 Å². The average Bonchev–Trinajstić information content (AvgIpc) is 2.82. The number of halogens is 1. The predicted molar refractivity (Wildman–Crippen MR) is 129 cm³/mol. The summed E-state index contributed by atoms with van der Waals surface area (Å²) in [6, 6.07) is 18.3. The molecule has 31 heavy (non-hydrogen) atoms. The Balaban J connectivity index is 1.57. The molecule has 0 aliphatic carbocycles. The first-order chi connectivity index (χ1) is 15.1. The molecule has 0 spiro atoms. The van der Waals surface area contributed by atoms with Gasteiger partial charge < -0.3 is 9.64 Å². The van der Waals surface area contributed by atoms with E-state index in [-0.39, 0.29) is 5.97 Å². The van der Waals surface area contributed by atoms with Gasteiger partial charge in [-0.25, -0.2) is 0 Å². The maximum absolute atomic E-state index is 13.1. The minimum atomic E-state index is -0.554. The molecule has 1 heterocycles. The summed E-state index contributed by atoms with van der Waals surface area (Å²) in [4.78, 5) is 18.0. The maximum atomic E-state index is 13.1. The highest BCUT2D eigenvalue weighted by Crippen LogP contribution is 2.35. The lowest BCUT2D eigenvalue weighted by Gasteiger charge is -2.37. The van der Waals surface area contributed by atoms with Crippen LogP contribution in [-0.4, -0.2) is 50.2 Å². The largest absolute Gasteiger partial charge is 0.465 e. The van der Waals surface area contributed by atoms with Gasteiger partial charge in [0.15, 0.2) is 0 Å². The van der Waals surface area contributed by atoms with Crippen molar-refractivity contribution in [2.24, 2.45) is 0 Å². The summed E-state index contributed by atoms with van der Waals surface area (Å²) < 4.78 is 5.65. The Morgan fingerprint density at radius 1 is 1.00 bits per heavy atom. The van der Waals surface area contributed by atoms with Crippen LogP contribution < -0.4 is 4.90 Å². The molecule has 3 rings (SSSR count). The van der Waals surface area contributed by atoms with Gasteiger partial charge in [-0.15, -0.1) is 0 Å². The van der Waals surface area contributed by atoms with E-state index in [4.69, 9.17) is 16.3 Å². The molecule has 2 aromatic carbocycles. The van der Waals surface area contributed by atoms with Crippen LogP contribution in [0.15, 0.2) is 54.6 Å². The number of anilines is 1. The molecule has 2 aromatic rings. The van der Waals surface area contributed by atoms with E-state index in [0.29, 0.717) is 6.61 Å². The molecule has 0 aromatic heterocycles. The molecule has 5 heteroatoms. The molecule has 1 aliphatic rings. The number of hydrogen-bond donors (Lipinski definition) is 0. The van der Waals surface area contributed by atoms with Crippen molar-refractivity contribution in [3.05, 3.63) is 65.2 Å². The Kier molecular flexibility index (Phi) is 8.79. The summed E-state index contributed by atoms with van der Waals surface area (Å²) in [5, 5.41) is 0.776. The van der Waals surface area contributed by atoms with Crippen LogP contribution >= 0.6 is 11.6 Å². The minimum absolute atomic E-state index is 0.0735. The van der Waals surface area contributed by atoms with E-state index in [0.717, 1.165) is 69.0 Å². The van der Waals surface area contributed by atoms with Gasteiger partial charge in [0, 0.05) is 36.9 Å². The zero-order valence-corrected chi connectivity index (χ0v) is 19.6. The fourth-order valence-electron chi connectivity index (χ4n) is 4.47. The Labute approximate surface area is 192 Å². The van der Waals surface area contributed by atoms with Crippen LogP contribution in [0.5, 0.6) is 0 Å². The summed E-state index contributed by atoms with van der Waals surface area (Å²) in [5.74, 6) is -0.0735. The summed E-state index contributed by atoms with van der Waals surface area (Å²) in [6.45, 7) is 9.72. The fraction of sp³-hybridized carbons (Fsp3) is 0.500. The third kappa shape index (κ3) is 6.02. The molecule has 4 nitrogen and oxygen atoms in total. The summed E-state index contributed by atoms with van der Waals surface area (Å²) >= 11 is 6.01. The van der Waals surface area contributed by atoms with Crippen molar-refractivity contribution in [1.82, 2.24) is 4.90 Å². The van der Waals surface area contributed by atoms with Gasteiger partial charge in [0.25, 0.3) is 0 Å². The van der Waals surface area contributed by atoms with Gasteiger partial charge in [0.1, 0.15) is 0 Å². The van der Waals surface area contributed by atoms with Crippen molar-refractivity contribution in [2.45, 2.75) is 44.9 Å². The highest BCUT2D eigenvalue weighted by molar-refractivity contribution is 6.30. The molecule has 0 saturated carbocycles. The van der Waals surface area contributed by atoms with Gasteiger partial charge in [0.05, 0.1) is 12.0 Å². The topological polar surface area (TPSA) is 32.8 Å². The van der Waals surface area contributed by atoms with Crippen LogP contribution in [0.4, 0.5) is 5.69 Å². The lowest BCUT2D eigenvalue weighted by atomic mass is 9.74. The molecule has 0 N–H and O–H groups in total. The van der Waals surface area contributed by atoms with Crippen molar-refractivity contribution in [3.8, 4) is 0 Å². The van der Waals surface area contributed by atoms with Crippen LogP contribution in [0.1, 0.15) is 45.1 Å². The standard InChI is InChI=1S/C26H35ClN2O2/c1-3-21-31-25(30)26(4-2,22-9-6-5-7-10-22)15-8-16-28-17-19-29(20-18-28)24-13-11-23(27)12-14-24/h5-7,9-14H,3-4,8,15-21H2,1-2H3. The van der Waals surface area contributed by atoms with E-state index in [1.54, 1.807) is 0 Å². The number of benzene rings is 2. The summed E-state index contributed by atoms with van der Waals surface area (Å²) in [5.41, 5.74) is 1.75. The molecule has 1 atom stereocenters. The number of ether oxygens (including phenoxy) is 1. The molecule has 1 saturated heterocycles. The first kappa shape index (κ1) is 23.6. The van der Waals surface area contributed by atoms with Gasteiger partial charge >= 0.3 is 5.97 Å². The second-order valence-corrected chi connectivity index (χ2v) is 8.78. The van der Waals surface area contributed by atoms with E-state index >= 15 is 0 Å².